The second-order valence-electron chi connectivity index (χ2n) is 4.24. The molecule has 5 nitrogen and oxygen atoms in total. The lowest BCUT2D eigenvalue weighted by Crippen LogP contribution is -2.43. The molecule has 0 amide bonds. The molecule has 3 N–H and O–H groups in total. The van der Waals surface area contributed by atoms with Crippen LogP contribution in [0.15, 0.2) is 35.3 Å². The maximum atomic E-state index is 5.51. The van der Waals surface area contributed by atoms with Gasteiger partial charge >= 0.3 is 0 Å². The first kappa shape index (κ1) is 14.5. The highest BCUT2D eigenvalue weighted by Crippen LogP contribution is 2.03. The average Bonchev–Trinajstić information content (AvgIpc) is 2.37. The maximum Gasteiger partial charge on any atom is 0.208 e. The number of benzene rings is 1. The summed E-state index contributed by atoms with van der Waals surface area (Å²) >= 11 is 0. The minimum atomic E-state index is 0.0688. The molecule has 100 valence electrons. The van der Waals surface area contributed by atoms with Crippen molar-refractivity contribution in [3.63, 3.8) is 0 Å². The van der Waals surface area contributed by atoms with Gasteiger partial charge in [-0.25, -0.2) is 10.8 Å². The van der Waals surface area contributed by atoms with Gasteiger partial charge in [0, 0.05) is 20.7 Å². The Morgan fingerprint density at radius 2 is 2.11 bits per heavy atom. The van der Waals surface area contributed by atoms with E-state index in [0.717, 1.165) is 6.54 Å². The molecular formula is C13H22N4O. The molecule has 0 bridgehead atoms. The fourth-order valence-corrected chi connectivity index (χ4v) is 1.67. The van der Waals surface area contributed by atoms with Crippen LogP contribution in [0.3, 0.4) is 0 Å². The summed E-state index contributed by atoms with van der Waals surface area (Å²) in [5.74, 6) is 6.16. The molecule has 0 saturated carbocycles. The zero-order valence-electron chi connectivity index (χ0n) is 11.3. The van der Waals surface area contributed by atoms with Crippen LogP contribution in [0.25, 0.3) is 0 Å². The van der Waals surface area contributed by atoms with Crippen molar-refractivity contribution in [2.24, 2.45) is 10.8 Å². The molecule has 1 rings (SSSR count). The highest BCUT2D eigenvalue weighted by Gasteiger charge is 2.08. The zero-order chi connectivity index (χ0) is 13.4. The lowest BCUT2D eigenvalue weighted by Gasteiger charge is -2.22. The lowest BCUT2D eigenvalue weighted by atomic mass is 10.2. The van der Waals surface area contributed by atoms with Crippen LogP contribution in [-0.4, -0.2) is 37.7 Å². The topological polar surface area (TPSA) is 62.9 Å². The number of hydrogen-bond donors (Lipinski definition) is 2. The first-order chi connectivity index (χ1) is 8.67. The summed E-state index contributed by atoms with van der Waals surface area (Å²) in [5, 5.41) is 0. The van der Waals surface area contributed by atoms with Gasteiger partial charge < -0.3 is 9.64 Å². The first-order valence-corrected chi connectivity index (χ1v) is 5.95. The minimum Gasteiger partial charge on any atom is -0.382 e. The van der Waals surface area contributed by atoms with Crippen LogP contribution in [0.5, 0.6) is 0 Å². The number of rotatable bonds is 5. The van der Waals surface area contributed by atoms with Gasteiger partial charge in [0.15, 0.2) is 0 Å². The summed E-state index contributed by atoms with van der Waals surface area (Å²) in [4.78, 5) is 6.44. The lowest BCUT2D eigenvalue weighted by molar-refractivity contribution is 0.185. The third kappa shape index (κ3) is 4.73. The van der Waals surface area contributed by atoms with Gasteiger partial charge in [0.05, 0.1) is 12.6 Å². The van der Waals surface area contributed by atoms with Crippen LogP contribution in [0.4, 0.5) is 0 Å². The average molecular weight is 250 g/mol. The summed E-state index contributed by atoms with van der Waals surface area (Å²) in [5.41, 5.74) is 3.84. The molecule has 0 fully saturated rings. The van der Waals surface area contributed by atoms with E-state index in [1.54, 1.807) is 7.11 Å². The molecule has 1 atom stereocenters. The highest BCUT2D eigenvalue weighted by molar-refractivity contribution is 5.79. The molecule has 5 heteroatoms. The number of guanidine groups is 1. The van der Waals surface area contributed by atoms with Crippen molar-refractivity contribution in [2.45, 2.75) is 19.5 Å². The second kappa shape index (κ2) is 7.68. The fraction of sp³-hybridized carbons (Fsp3) is 0.462. The molecule has 18 heavy (non-hydrogen) atoms. The molecule has 0 aliphatic rings. The Kier molecular flexibility index (Phi) is 6.18. The van der Waals surface area contributed by atoms with Gasteiger partial charge in [-0.3, -0.25) is 5.43 Å². The Balaban J connectivity index is 2.65. The molecule has 0 aromatic heterocycles. The van der Waals surface area contributed by atoms with E-state index in [-0.39, 0.29) is 6.04 Å². The normalized spacial score (nSPS) is 13.2. The third-order valence-corrected chi connectivity index (χ3v) is 2.50. The van der Waals surface area contributed by atoms with E-state index in [4.69, 9.17) is 10.6 Å². The Labute approximate surface area is 109 Å². The maximum absolute atomic E-state index is 5.51. The van der Waals surface area contributed by atoms with Crippen molar-refractivity contribution in [2.75, 3.05) is 20.8 Å². The van der Waals surface area contributed by atoms with Gasteiger partial charge in [0.2, 0.25) is 5.96 Å². The van der Waals surface area contributed by atoms with Crippen molar-refractivity contribution in [1.82, 2.24) is 10.3 Å². The molecule has 0 aliphatic heterocycles. The number of methoxy groups -OCH3 is 1. The molecule has 0 radical (unpaired) electrons. The van der Waals surface area contributed by atoms with E-state index in [9.17, 15) is 0 Å². The van der Waals surface area contributed by atoms with Crippen LogP contribution in [0.2, 0.25) is 0 Å². The molecule has 0 aliphatic carbocycles. The summed E-state index contributed by atoms with van der Waals surface area (Å²) in [6.07, 6.45) is 0. The quantitative estimate of drug-likeness (QED) is 0.354. The number of nitrogens with one attached hydrogen (secondary N) is 1. The van der Waals surface area contributed by atoms with E-state index in [2.05, 4.69) is 22.6 Å². The molecule has 0 heterocycles. The fourth-order valence-electron chi connectivity index (χ4n) is 1.67. The predicted octanol–water partition coefficient (Wildman–Crippen LogP) is 0.973. The van der Waals surface area contributed by atoms with Crippen molar-refractivity contribution < 1.29 is 4.74 Å². The van der Waals surface area contributed by atoms with Gasteiger partial charge in [0.1, 0.15) is 0 Å². The molecule has 0 spiro atoms. The monoisotopic (exact) mass is 250 g/mol. The number of nitrogens with two attached hydrogens (primary N) is 1. The Morgan fingerprint density at radius 3 is 2.67 bits per heavy atom. The molecule has 1 aromatic rings. The van der Waals surface area contributed by atoms with Crippen LogP contribution in [0, 0.1) is 0 Å². The predicted molar refractivity (Wildman–Crippen MR) is 74.0 cm³/mol. The number of hydrazine groups is 1. The molecule has 1 unspecified atom stereocenters. The van der Waals surface area contributed by atoms with Crippen LogP contribution >= 0.6 is 0 Å². The van der Waals surface area contributed by atoms with E-state index in [1.165, 1.54) is 5.56 Å². The van der Waals surface area contributed by atoms with Gasteiger partial charge in [-0.15, -0.1) is 0 Å². The van der Waals surface area contributed by atoms with E-state index in [1.807, 2.05) is 37.1 Å². The summed E-state index contributed by atoms with van der Waals surface area (Å²) < 4.78 is 5.05. The van der Waals surface area contributed by atoms with Crippen LogP contribution in [0.1, 0.15) is 12.5 Å². The Morgan fingerprint density at radius 1 is 1.44 bits per heavy atom. The van der Waals surface area contributed by atoms with Gasteiger partial charge in [-0.1, -0.05) is 30.3 Å². The SMILES string of the molecule is COCC(C)N=C(NN)N(C)Cc1ccccc1. The zero-order valence-corrected chi connectivity index (χ0v) is 11.3. The van der Waals surface area contributed by atoms with E-state index in [0.29, 0.717) is 12.6 Å². The minimum absolute atomic E-state index is 0.0688. The molecule has 1 aromatic carbocycles. The van der Waals surface area contributed by atoms with Crippen molar-refractivity contribution in [3.8, 4) is 0 Å². The van der Waals surface area contributed by atoms with E-state index < -0.39 is 0 Å². The van der Waals surface area contributed by atoms with Gasteiger partial charge in [-0.2, -0.15) is 0 Å². The molecular weight excluding hydrogens is 228 g/mol. The Hall–Kier alpha value is -1.59. The van der Waals surface area contributed by atoms with Crippen LogP contribution < -0.4 is 11.3 Å². The number of aliphatic imine (C=N–C) groups is 1. The number of ether oxygens (including phenoxy) is 1. The third-order valence-electron chi connectivity index (χ3n) is 2.50. The smallest absolute Gasteiger partial charge is 0.208 e. The highest BCUT2D eigenvalue weighted by atomic mass is 16.5. The van der Waals surface area contributed by atoms with Crippen LogP contribution in [-0.2, 0) is 11.3 Å². The van der Waals surface area contributed by atoms with E-state index >= 15 is 0 Å². The first-order valence-electron chi connectivity index (χ1n) is 5.95. The van der Waals surface area contributed by atoms with Gasteiger partial charge in [-0.05, 0) is 12.5 Å². The van der Waals surface area contributed by atoms with Crippen molar-refractivity contribution >= 4 is 5.96 Å². The summed E-state index contributed by atoms with van der Waals surface area (Å²) in [6.45, 7) is 3.31. The van der Waals surface area contributed by atoms with Crippen molar-refractivity contribution in [1.29, 1.82) is 0 Å². The molecule has 0 saturated heterocycles. The summed E-state index contributed by atoms with van der Waals surface area (Å²) in [7, 11) is 3.61. The Bertz CT molecular complexity index is 367. The largest absolute Gasteiger partial charge is 0.382 e. The van der Waals surface area contributed by atoms with Gasteiger partial charge in [0.25, 0.3) is 0 Å². The summed E-state index contributed by atoms with van der Waals surface area (Å²) in [6, 6.07) is 10.2. The number of hydrogen-bond acceptors (Lipinski definition) is 3. The standard InChI is InChI=1S/C13H22N4O/c1-11(10-18-3)15-13(16-14)17(2)9-12-7-5-4-6-8-12/h4-8,11H,9-10,14H2,1-3H3,(H,15,16). The second-order valence-corrected chi connectivity index (χ2v) is 4.24. The van der Waals surface area contributed by atoms with Crippen molar-refractivity contribution in [3.05, 3.63) is 35.9 Å². The number of nitrogens with zero attached hydrogens (tertiary/aromatic N) is 2.